The Morgan fingerprint density at radius 3 is 2.63 bits per heavy atom. The fourth-order valence-corrected chi connectivity index (χ4v) is 3.84. The Morgan fingerprint density at radius 1 is 1.10 bits per heavy atom. The third-order valence-electron chi connectivity index (χ3n) is 5.42. The second kappa shape index (κ2) is 8.86. The molecule has 30 heavy (non-hydrogen) atoms. The maximum absolute atomic E-state index is 13.3. The van der Waals surface area contributed by atoms with Crippen molar-refractivity contribution in [1.82, 2.24) is 19.9 Å². The summed E-state index contributed by atoms with van der Waals surface area (Å²) >= 11 is 0. The Balaban J connectivity index is 1.73. The molecular weight excluding hydrogens is 378 g/mol. The number of carbonyl (C=O) groups is 1. The van der Waals surface area contributed by atoms with Crippen molar-refractivity contribution in [1.29, 1.82) is 0 Å². The number of aromatic nitrogens is 4. The van der Waals surface area contributed by atoms with E-state index in [4.69, 9.17) is 10.7 Å². The van der Waals surface area contributed by atoms with Crippen LogP contribution in [0.2, 0.25) is 0 Å². The predicted octanol–water partition coefficient (Wildman–Crippen LogP) is 4.20. The summed E-state index contributed by atoms with van der Waals surface area (Å²) in [7, 11) is 0. The van der Waals surface area contributed by atoms with Gasteiger partial charge in [-0.15, -0.1) is 0 Å². The average molecular weight is 403 g/mol. The van der Waals surface area contributed by atoms with E-state index < -0.39 is 0 Å². The van der Waals surface area contributed by atoms with Crippen LogP contribution in [0.15, 0.2) is 49.2 Å². The number of nitrogens with two attached hydrogens (primary N) is 1. The van der Waals surface area contributed by atoms with Crippen molar-refractivity contribution >= 4 is 23.4 Å². The summed E-state index contributed by atoms with van der Waals surface area (Å²) in [6.45, 7) is 2.01. The summed E-state index contributed by atoms with van der Waals surface area (Å²) < 4.78 is 0. The molecule has 0 spiro atoms. The lowest BCUT2D eigenvalue weighted by molar-refractivity contribution is 0.252. The van der Waals surface area contributed by atoms with Crippen LogP contribution in [-0.4, -0.2) is 32.0 Å². The van der Waals surface area contributed by atoms with Gasteiger partial charge in [-0.2, -0.15) is 0 Å². The van der Waals surface area contributed by atoms with Crippen LogP contribution in [0.3, 0.4) is 0 Å². The van der Waals surface area contributed by atoms with Gasteiger partial charge in [0.15, 0.2) is 5.82 Å². The molecule has 3 aromatic heterocycles. The number of urea groups is 1. The van der Waals surface area contributed by atoms with E-state index in [1.807, 2.05) is 19.1 Å². The van der Waals surface area contributed by atoms with E-state index in [0.29, 0.717) is 17.3 Å². The molecule has 1 fully saturated rings. The Kier molecular flexibility index (Phi) is 5.83. The van der Waals surface area contributed by atoms with Crippen LogP contribution in [0.1, 0.15) is 37.7 Å². The minimum absolute atomic E-state index is 0.0284. The number of carbonyl (C=O) groups excluding carboxylic acids is 1. The van der Waals surface area contributed by atoms with Gasteiger partial charge < -0.3 is 5.73 Å². The first-order valence-electron chi connectivity index (χ1n) is 10.2. The highest BCUT2D eigenvalue weighted by atomic mass is 16.2. The summed E-state index contributed by atoms with van der Waals surface area (Å²) in [4.78, 5) is 32.1. The molecule has 0 atom stereocenters. The van der Waals surface area contributed by atoms with Crippen LogP contribution in [0.4, 0.5) is 22.1 Å². The lowest BCUT2D eigenvalue weighted by Crippen LogP contribution is -2.45. The normalized spacial score (nSPS) is 14.3. The Labute approximate surface area is 175 Å². The second-order valence-corrected chi connectivity index (χ2v) is 7.49. The minimum atomic E-state index is -0.292. The van der Waals surface area contributed by atoms with Crippen molar-refractivity contribution in [2.45, 2.75) is 45.1 Å². The molecule has 0 aliphatic heterocycles. The molecule has 154 valence electrons. The topological polar surface area (TPSA) is 110 Å². The zero-order valence-corrected chi connectivity index (χ0v) is 17.0. The maximum Gasteiger partial charge on any atom is 0.328 e. The van der Waals surface area contributed by atoms with Gasteiger partial charge in [0, 0.05) is 30.2 Å². The smallest absolute Gasteiger partial charge is 0.328 e. The van der Waals surface area contributed by atoms with Crippen LogP contribution in [-0.2, 0) is 0 Å². The summed E-state index contributed by atoms with van der Waals surface area (Å²) in [5.41, 5.74) is 9.49. The molecule has 0 saturated heterocycles. The number of rotatable bonds is 4. The summed E-state index contributed by atoms with van der Waals surface area (Å²) in [6.07, 6.45) is 11.7. The number of aryl methyl sites for hydroxylation is 1. The first-order valence-corrected chi connectivity index (χ1v) is 10.2. The number of anilines is 3. The third-order valence-corrected chi connectivity index (χ3v) is 5.42. The molecule has 1 aliphatic rings. The lowest BCUT2D eigenvalue weighted by Gasteiger charge is -2.34. The molecule has 1 saturated carbocycles. The van der Waals surface area contributed by atoms with E-state index in [2.05, 4.69) is 20.3 Å². The van der Waals surface area contributed by atoms with Crippen molar-refractivity contribution in [2.75, 3.05) is 16.0 Å². The Hall–Kier alpha value is -3.55. The fourth-order valence-electron chi connectivity index (χ4n) is 3.84. The second-order valence-electron chi connectivity index (χ2n) is 7.49. The van der Waals surface area contributed by atoms with E-state index in [-0.39, 0.29) is 12.1 Å². The highest BCUT2D eigenvalue weighted by molar-refractivity contribution is 6.03. The van der Waals surface area contributed by atoms with E-state index in [9.17, 15) is 4.79 Å². The van der Waals surface area contributed by atoms with E-state index in [1.54, 1.807) is 35.6 Å². The molecule has 8 heteroatoms. The number of nitrogen functional groups attached to an aromatic ring is 1. The van der Waals surface area contributed by atoms with Crippen LogP contribution in [0.25, 0.3) is 11.3 Å². The Morgan fingerprint density at radius 2 is 1.90 bits per heavy atom. The van der Waals surface area contributed by atoms with Gasteiger partial charge >= 0.3 is 6.03 Å². The zero-order valence-electron chi connectivity index (χ0n) is 17.0. The zero-order chi connectivity index (χ0) is 20.9. The van der Waals surface area contributed by atoms with Crippen LogP contribution < -0.4 is 16.0 Å². The lowest BCUT2D eigenvalue weighted by atomic mass is 9.94. The van der Waals surface area contributed by atoms with Crippen molar-refractivity contribution in [3.8, 4) is 11.3 Å². The van der Waals surface area contributed by atoms with Crippen molar-refractivity contribution < 1.29 is 4.79 Å². The largest absolute Gasteiger partial charge is 0.396 e. The molecule has 4 rings (SSSR count). The van der Waals surface area contributed by atoms with Crippen molar-refractivity contribution in [3.63, 3.8) is 0 Å². The molecule has 0 bridgehead atoms. The van der Waals surface area contributed by atoms with Crippen LogP contribution >= 0.6 is 0 Å². The SMILES string of the molecule is Cc1ccncc1-c1ccc(N)c(N(C(=O)Nc2ccncn2)C2CCCCC2)n1. The van der Waals surface area contributed by atoms with Gasteiger partial charge in [-0.1, -0.05) is 19.3 Å². The van der Waals surface area contributed by atoms with E-state index in [1.165, 1.54) is 12.7 Å². The molecular formula is C22H25N7O. The van der Waals surface area contributed by atoms with Crippen LogP contribution in [0.5, 0.6) is 0 Å². The van der Waals surface area contributed by atoms with Gasteiger partial charge in [0.05, 0.1) is 11.4 Å². The molecule has 3 N–H and O–H groups in total. The number of hydrogen-bond acceptors (Lipinski definition) is 6. The fraction of sp³-hybridized carbons (Fsp3) is 0.318. The van der Waals surface area contributed by atoms with Gasteiger partial charge in [0.1, 0.15) is 12.1 Å². The number of nitrogens with one attached hydrogen (secondary N) is 1. The van der Waals surface area contributed by atoms with Gasteiger partial charge in [0.2, 0.25) is 0 Å². The third kappa shape index (κ3) is 4.22. The van der Waals surface area contributed by atoms with Gasteiger partial charge in [-0.3, -0.25) is 15.2 Å². The number of nitrogens with zero attached hydrogens (tertiary/aromatic N) is 5. The van der Waals surface area contributed by atoms with E-state index >= 15 is 0 Å². The van der Waals surface area contributed by atoms with Crippen LogP contribution in [0, 0.1) is 6.92 Å². The minimum Gasteiger partial charge on any atom is -0.396 e. The summed E-state index contributed by atoms with van der Waals surface area (Å²) in [5.74, 6) is 0.905. The van der Waals surface area contributed by atoms with Crippen molar-refractivity contribution in [2.24, 2.45) is 0 Å². The molecule has 8 nitrogen and oxygen atoms in total. The first-order chi connectivity index (χ1) is 14.6. The van der Waals surface area contributed by atoms with Gasteiger partial charge in [-0.25, -0.2) is 19.7 Å². The summed E-state index contributed by atoms with van der Waals surface area (Å²) in [6, 6.07) is 7.00. The van der Waals surface area contributed by atoms with E-state index in [0.717, 1.165) is 42.5 Å². The standard InChI is InChI=1S/C22H25N7O/c1-15-9-11-24-13-17(15)19-8-7-18(23)21(27-19)29(16-5-3-2-4-6-16)22(30)28-20-10-12-25-14-26-20/h7-14,16H,2-6,23H2,1H3,(H,25,26,28,30). The molecule has 0 radical (unpaired) electrons. The molecule has 3 heterocycles. The predicted molar refractivity (Wildman–Crippen MR) is 117 cm³/mol. The molecule has 0 aromatic carbocycles. The highest BCUT2D eigenvalue weighted by Crippen LogP contribution is 2.33. The quantitative estimate of drug-likeness (QED) is 0.676. The monoisotopic (exact) mass is 403 g/mol. The summed E-state index contributed by atoms with van der Waals surface area (Å²) in [5, 5.41) is 2.86. The first kappa shape index (κ1) is 19.8. The average Bonchev–Trinajstić information content (AvgIpc) is 2.77. The molecule has 3 aromatic rings. The highest BCUT2D eigenvalue weighted by Gasteiger charge is 2.30. The molecule has 2 amide bonds. The number of hydrogen-bond donors (Lipinski definition) is 2. The van der Waals surface area contributed by atoms with Gasteiger partial charge in [-0.05, 0) is 49.6 Å². The number of amides is 2. The van der Waals surface area contributed by atoms with Gasteiger partial charge in [0.25, 0.3) is 0 Å². The maximum atomic E-state index is 13.3. The Bertz CT molecular complexity index is 1020. The number of pyridine rings is 2. The molecule has 1 aliphatic carbocycles. The van der Waals surface area contributed by atoms with Crippen molar-refractivity contribution in [3.05, 3.63) is 54.7 Å². The molecule has 0 unspecified atom stereocenters.